The third kappa shape index (κ3) is 7.64. The molecule has 0 aliphatic carbocycles. The van der Waals surface area contributed by atoms with E-state index in [1.807, 2.05) is 6.92 Å². The van der Waals surface area contributed by atoms with Gasteiger partial charge in [0.1, 0.15) is 12.1 Å². The lowest BCUT2D eigenvalue weighted by Gasteiger charge is -2.24. The Bertz CT molecular complexity index is 474. The van der Waals surface area contributed by atoms with E-state index in [9.17, 15) is 24.3 Å². The van der Waals surface area contributed by atoms with Gasteiger partial charge in [0.05, 0.1) is 6.04 Å². The van der Waals surface area contributed by atoms with Crippen molar-refractivity contribution >= 4 is 36.3 Å². The zero-order valence-corrected chi connectivity index (χ0v) is 14.7. The highest BCUT2D eigenvalue weighted by Gasteiger charge is 2.29. The molecule has 0 aromatic rings. The molecule has 24 heavy (non-hydrogen) atoms. The smallest absolute Gasteiger partial charge is 0.326 e. The number of amides is 3. The average molecular weight is 362 g/mol. The standard InChI is InChI=1S/C14H26N4O5S/c1-3-7(2)11(14(22)23)18-13(21)9(6-24)17-12(20)8(15)4-5-10(16)19/h7-9,11,24H,3-6,15H2,1-2H3,(H2,16,19)(H,17,20)(H,18,21)(H,22,23). The van der Waals surface area contributed by atoms with Gasteiger partial charge in [0, 0.05) is 12.2 Å². The first-order chi connectivity index (χ1) is 11.1. The van der Waals surface area contributed by atoms with Gasteiger partial charge in [-0.05, 0) is 12.3 Å². The van der Waals surface area contributed by atoms with Crippen LogP contribution in [-0.2, 0) is 19.2 Å². The van der Waals surface area contributed by atoms with Crippen molar-refractivity contribution in [3.05, 3.63) is 0 Å². The first-order valence-electron chi connectivity index (χ1n) is 7.62. The fraction of sp³-hybridized carbons (Fsp3) is 0.714. The van der Waals surface area contributed by atoms with E-state index in [1.165, 1.54) is 0 Å². The quantitative estimate of drug-likeness (QED) is 0.248. The van der Waals surface area contributed by atoms with E-state index in [0.29, 0.717) is 6.42 Å². The summed E-state index contributed by atoms with van der Waals surface area (Å²) < 4.78 is 0. The monoisotopic (exact) mass is 362 g/mol. The summed E-state index contributed by atoms with van der Waals surface area (Å²) in [6.07, 6.45) is 0.557. The number of carbonyl (C=O) groups excluding carboxylic acids is 3. The van der Waals surface area contributed by atoms with Crippen molar-refractivity contribution in [3.8, 4) is 0 Å². The number of nitrogens with one attached hydrogen (secondary N) is 2. The van der Waals surface area contributed by atoms with Crippen LogP contribution in [0, 0.1) is 5.92 Å². The summed E-state index contributed by atoms with van der Waals surface area (Å²) in [4.78, 5) is 46.0. The molecule has 10 heteroatoms. The Hall–Kier alpha value is -1.81. The zero-order valence-electron chi connectivity index (χ0n) is 13.8. The van der Waals surface area contributed by atoms with Gasteiger partial charge < -0.3 is 27.2 Å². The lowest BCUT2D eigenvalue weighted by molar-refractivity contribution is -0.143. The third-order valence-corrected chi connectivity index (χ3v) is 4.00. The summed E-state index contributed by atoms with van der Waals surface area (Å²) in [6, 6.07) is -3.10. The number of carbonyl (C=O) groups is 4. The Labute approximate surface area is 146 Å². The van der Waals surface area contributed by atoms with Gasteiger partial charge in [-0.2, -0.15) is 12.6 Å². The van der Waals surface area contributed by atoms with E-state index in [1.54, 1.807) is 6.92 Å². The Morgan fingerprint density at radius 3 is 2.17 bits per heavy atom. The molecule has 4 unspecified atom stereocenters. The fourth-order valence-electron chi connectivity index (χ4n) is 1.84. The molecule has 0 saturated heterocycles. The van der Waals surface area contributed by atoms with Gasteiger partial charge in [-0.3, -0.25) is 14.4 Å². The average Bonchev–Trinajstić information content (AvgIpc) is 2.53. The molecular weight excluding hydrogens is 336 g/mol. The van der Waals surface area contributed by atoms with Crippen LogP contribution in [0.25, 0.3) is 0 Å². The first kappa shape index (κ1) is 22.2. The van der Waals surface area contributed by atoms with Crippen LogP contribution in [0.1, 0.15) is 33.1 Å². The summed E-state index contributed by atoms with van der Waals surface area (Å²) in [5, 5.41) is 14.0. The number of carboxylic acids is 1. The lowest BCUT2D eigenvalue weighted by atomic mass is 9.99. The van der Waals surface area contributed by atoms with E-state index in [4.69, 9.17) is 11.5 Å². The van der Waals surface area contributed by atoms with Crippen LogP contribution in [0.15, 0.2) is 0 Å². The summed E-state index contributed by atoms with van der Waals surface area (Å²) in [5.41, 5.74) is 10.6. The highest BCUT2D eigenvalue weighted by atomic mass is 32.1. The molecule has 0 heterocycles. The molecule has 7 N–H and O–H groups in total. The summed E-state index contributed by atoms with van der Waals surface area (Å²) in [7, 11) is 0. The number of carboxylic acid groups (broad SMARTS) is 1. The largest absolute Gasteiger partial charge is 0.480 e. The normalized spacial score (nSPS) is 15.7. The topological polar surface area (TPSA) is 165 Å². The molecule has 0 rings (SSSR count). The molecular formula is C14H26N4O5S. The van der Waals surface area contributed by atoms with Crippen LogP contribution in [0.2, 0.25) is 0 Å². The van der Waals surface area contributed by atoms with Crippen LogP contribution < -0.4 is 22.1 Å². The molecule has 0 aromatic carbocycles. The van der Waals surface area contributed by atoms with Crippen molar-refractivity contribution in [2.75, 3.05) is 5.75 Å². The first-order valence-corrected chi connectivity index (χ1v) is 8.25. The molecule has 0 aliphatic rings. The molecule has 0 radical (unpaired) electrons. The van der Waals surface area contributed by atoms with Crippen molar-refractivity contribution in [1.82, 2.24) is 10.6 Å². The molecule has 3 amide bonds. The molecule has 0 saturated carbocycles. The summed E-state index contributed by atoms with van der Waals surface area (Å²) in [5.74, 6) is -3.35. The van der Waals surface area contributed by atoms with Crippen molar-refractivity contribution in [2.45, 2.75) is 51.2 Å². The molecule has 9 nitrogen and oxygen atoms in total. The van der Waals surface area contributed by atoms with Crippen molar-refractivity contribution in [2.24, 2.45) is 17.4 Å². The number of nitrogens with two attached hydrogens (primary N) is 2. The Balaban J connectivity index is 4.76. The van der Waals surface area contributed by atoms with Crippen LogP contribution in [0.5, 0.6) is 0 Å². The molecule has 0 spiro atoms. The van der Waals surface area contributed by atoms with E-state index in [-0.39, 0.29) is 24.5 Å². The van der Waals surface area contributed by atoms with Gasteiger partial charge in [0.25, 0.3) is 0 Å². The number of aliphatic carboxylic acids is 1. The maximum absolute atomic E-state index is 12.2. The van der Waals surface area contributed by atoms with Crippen LogP contribution >= 0.6 is 12.6 Å². The van der Waals surface area contributed by atoms with Gasteiger partial charge in [0.15, 0.2) is 0 Å². The maximum atomic E-state index is 12.2. The van der Waals surface area contributed by atoms with Crippen molar-refractivity contribution < 1.29 is 24.3 Å². The van der Waals surface area contributed by atoms with Crippen LogP contribution in [0.4, 0.5) is 0 Å². The number of rotatable bonds is 11. The molecule has 0 bridgehead atoms. The minimum atomic E-state index is -1.15. The van der Waals surface area contributed by atoms with E-state index in [0.717, 1.165) is 0 Å². The Kier molecular flexibility index (Phi) is 10.0. The molecule has 4 atom stereocenters. The van der Waals surface area contributed by atoms with E-state index < -0.39 is 41.8 Å². The van der Waals surface area contributed by atoms with Gasteiger partial charge >= 0.3 is 5.97 Å². The number of thiol groups is 1. The number of hydrogen-bond acceptors (Lipinski definition) is 6. The third-order valence-electron chi connectivity index (χ3n) is 3.63. The second kappa shape index (κ2) is 10.9. The number of primary amides is 1. The minimum absolute atomic E-state index is 0.0348. The Morgan fingerprint density at radius 1 is 1.17 bits per heavy atom. The SMILES string of the molecule is CCC(C)C(NC(=O)C(CS)NC(=O)C(N)CCC(N)=O)C(=O)O. The van der Waals surface area contributed by atoms with Gasteiger partial charge in [-0.25, -0.2) is 4.79 Å². The fourth-order valence-corrected chi connectivity index (χ4v) is 2.10. The minimum Gasteiger partial charge on any atom is -0.480 e. The molecule has 0 aliphatic heterocycles. The second-order valence-electron chi connectivity index (χ2n) is 5.57. The molecule has 0 aromatic heterocycles. The summed E-state index contributed by atoms with van der Waals surface area (Å²) in [6.45, 7) is 3.51. The van der Waals surface area contributed by atoms with Crippen LogP contribution in [-0.4, -0.2) is 52.7 Å². The second-order valence-corrected chi connectivity index (χ2v) is 5.93. The highest BCUT2D eigenvalue weighted by Crippen LogP contribution is 2.08. The summed E-state index contributed by atoms with van der Waals surface area (Å²) >= 11 is 3.99. The van der Waals surface area contributed by atoms with Gasteiger partial charge in [0.2, 0.25) is 17.7 Å². The van der Waals surface area contributed by atoms with Gasteiger partial charge in [-0.15, -0.1) is 0 Å². The maximum Gasteiger partial charge on any atom is 0.326 e. The highest BCUT2D eigenvalue weighted by molar-refractivity contribution is 7.80. The molecule has 138 valence electrons. The van der Waals surface area contributed by atoms with Gasteiger partial charge in [-0.1, -0.05) is 20.3 Å². The van der Waals surface area contributed by atoms with Crippen molar-refractivity contribution in [3.63, 3.8) is 0 Å². The van der Waals surface area contributed by atoms with E-state index in [2.05, 4.69) is 23.3 Å². The predicted molar refractivity (Wildman–Crippen MR) is 91.2 cm³/mol. The van der Waals surface area contributed by atoms with Crippen molar-refractivity contribution in [1.29, 1.82) is 0 Å². The zero-order chi connectivity index (χ0) is 18.9. The Morgan fingerprint density at radius 2 is 1.75 bits per heavy atom. The molecule has 0 fully saturated rings. The lowest BCUT2D eigenvalue weighted by Crippen LogP contribution is -2.56. The number of hydrogen-bond donors (Lipinski definition) is 6. The van der Waals surface area contributed by atoms with E-state index >= 15 is 0 Å². The van der Waals surface area contributed by atoms with Crippen LogP contribution in [0.3, 0.4) is 0 Å². The predicted octanol–water partition coefficient (Wildman–Crippen LogP) is -1.39.